The molecule has 6 heteroatoms. The maximum absolute atomic E-state index is 12.7. The number of anilines is 1. The second-order valence-electron chi connectivity index (χ2n) is 7.33. The van der Waals surface area contributed by atoms with Gasteiger partial charge in [-0.2, -0.15) is 0 Å². The van der Waals surface area contributed by atoms with Crippen LogP contribution in [0.25, 0.3) is 0 Å². The summed E-state index contributed by atoms with van der Waals surface area (Å²) in [6.07, 6.45) is 4.21. The molecule has 4 nitrogen and oxygen atoms in total. The third kappa shape index (κ3) is 6.33. The molecule has 2 saturated heterocycles. The first-order valence-electron chi connectivity index (χ1n) is 9.52. The molecule has 0 radical (unpaired) electrons. The van der Waals surface area contributed by atoms with Gasteiger partial charge < -0.3 is 15.1 Å². The van der Waals surface area contributed by atoms with Crippen molar-refractivity contribution in [2.75, 3.05) is 44.2 Å². The summed E-state index contributed by atoms with van der Waals surface area (Å²) in [6, 6.07) is 10.6. The second-order valence-corrected chi connectivity index (χ2v) is 7.33. The molecule has 1 amide bonds. The van der Waals surface area contributed by atoms with Gasteiger partial charge in [-0.25, -0.2) is 0 Å². The zero-order valence-corrected chi connectivity index (χ0v) is 17.4. The van der Waals surface area contributed by atoms with Crippen molar-refractivity contribution in [1.82, 2.24) is 10.2 Å². The Balaban J connectivity index is 0.00000169. The van der Waals surface area contributed by atoms with Crippen LogP contribution < -0.4 is 10.2 Å². The zero-order chi connectivity index (χ0) is 16.8. The predicted molar refractivity (Wildman–Crippen MR) is 114 cm³/mol. The average molecular weight is 402 g/mol. The lowest BCUT2D eigenvalue weighted by Crippen LogP contribution is -2.37. The minimum Gasteiger partial charge on any atom is -0.370 e. The van der Waals surface area contributed by atoms with Crippen LogP contribution in [0.5, 0.6) is 0 Å². The van der Waals surface area contributed by atoms with E-state index in [4.69, 9.17) is 0 Å². The van der Waals surface area contributed by atoms with Gasteiger partial charge >= 0.3 is 0 Å². The van der Waals surface area contributed by atoms with Crippen LogP contribution in [-0.4, -0.2) is 50.1 Å². The first-order valence-corrected chi connectivity index (χ1v) is 9.52. The van der Waals surface area contributed by atoms with E-state index in [9.17, 15) is 4.79 Å². The number of hydrogen-bond donors (Lipinski definition) is 1. The van der Waals surface area contributed by atoms with Crippen molar-refractivity contribution >= 4 is 36.4 Å². The van der Waals surface area contributed by atoms with E-state index in [0.29, 0.717) is 17.7 Å². The number of nitrogens with one attached hydrogen (secondary N) is 1. The van der Waals surface area contributed by atoms with Gasteiger partial charge in [-0.3, -0.25) is 4.79 Å². The van der Waals surface area contributed by atoms with Gasteiger partial charge in [0.05, 0.1) is 0 Å². The predicted octanol–water partition coefficient (Wildman–Crippen LogP) is 3.59. The molecule has 1 aromatic rings. The van der Waals surface area contributed by atoms with E-state index in [-0.39, 0.29) is 24.8 Å². The number of piperidine rings is 1. The summed E-state index contributed by atoms with van der Waals surface area (Å²) in [5.74, 6) is 1.58. The number of rotatable bonds is 4. The van der Waals surface area contributed by atoms with Crippen LogP contribution in [0.2, 0.25) is 0 Å². The molecule has 2 fully saturated rings. The Hall–Kier alpha value is -0.970. The Morgan fingerprint density at radius 2 is 1.77 bits per heavy atom. The topological polar surface area (TPSA) is 35.6 Å². The molecule has 26 heavy (non-hydrogen) atoms. The lowest BCUT2D eigenvalue weighted by Gasteiger charge is -2.30. The molecule has 2 aliphatic rings. The molecule has 3 rings (SSSR count). The van der Waals surface area contributed by atoms with Gasteiger partial charge in [0.2, 0.25) is 5.91 Å². The number of carbonyl (C=O) groups excluding carboxylic acids is 1. The number of amides is 1. The van der Waals surface area contributed by atoms with Gasteiger partial charge in [-0.1, -0.05) is 25.1 Å². The van der Waals surface area contributed by atoms with Crippen molar-refractivity contribution in [3.05, 3.63) is 30.3 Å². The quantitative estimate of drug-likeness (QED) is 0.836. The molecule has 1 aromatic carbocycles. The number of hydrogen-bond acceptors (Lipinski definition) is 3. The van der Waals surface area contributed by atoms with Gasteiger partial charge in [0.25, 0.3) is 0 Å². The fraction of sp³-hybridized carbons (Fsp3) is 0.650. The van der Waals surface area contributed by atoms with E-state index in [1.54, 1.807) is 0 Å². The normalized spacial score (nSPS) is 19.7. The lowest BCUT2D eigenvalue weighted by atomic mass is 9.84. The standard InChI is InChI=1S/C20H31N3O.2ClH/c1-17(18-8-10-21-11-9-18)16-20(24)23-13-5-12-22(14-15-23)19-6-3-2-4-7-19;;/h2-4,6-7,17-18,21H,5,8-16H2,1H3;2*1H. The van der Waals surface area contributed by atoms with Crippen molar-refractivity contribution in [1.29, 1.82) is 0 Å². The Morgan fingerprint density at radius 3 is 2.46 bits per heavy atom. The third-order valence-electron chi connectivity index (χ3n) is 5.66. The molecule has 0 spiro atoms. The van der Waals surface area contributed by atoms with Crippen molar-refractivity contribution in [2.45, 2.75) is 32.6 Å². The molecule has 1 unspecified atom stereocenters. The highest BCUT2D eigenvalue weighted by molar-refractivity contribution is 5.85. The van der Waals surface area contributed by atoms with Crippen LogP contribution in [0.15, 0.2) is 30.3 Å². The number of para-hydroxylation sites is 1. The molecule has 1 atom stereocenters. The summed E-state index contributed by atoms with van der Waals surface area (Å²) >= 11 is 0. The number of nitrogens with zero attached hydrogens (tertiary/aromatic N) is 2. The van der Waals surface area contributed by atoms with Crippen molar-refractivity contribution in [3.8, 4) is 0 Å². The first kappa shape index (κ1) is 23.1. The Bertz CT molecular complexity index is 523. The van der Waals surface area contributed by atoms with Crippen LogP contribution >= 0.6 is 24.8 Å². The summed E-state index contributed by atoms with van der Waals surface area (Å²) < 4.78 is 0. The Morgan fingerprint density at radius 1 is 1.08 bits per heavy atom. The molecule has 148 valence electrons. The highest BCUT2D eigenvalue weighted by atomic mass is 35.5. The first-order chi connectivity index (χ1) is 11.7. The van der Waals surface area contributed by atoms with Gasteiger partial charge in [0.15, 0.2) is 0 Å². The van der Waals surface area contributed by atoms with Crippen molar-refractivity contribution < 1.29 is 4.79 Å². The zero-order valence-electron chi connectivity index (χ0n) is 15.7. The van der Waals surface area contributed by atoms with Gasteiger partial charge in [-0.15, -0.1) is 24.8 Å². The third-order valence-corrected chi connectivity index (χ3v) is 5.66. The maximum atomic E-state index is 12.7. The van der Waals surface area contributed by atoms with E-state index < -0.39 is 0 Å². The van der Waals surface area contributed by atoms with Crippen LogP contribution in [0.3, 0.4) is 0 Å². The lowest BCUT2D eigenvalue weighted by molar-refractivity contribution is -0.132. The van der Waals surface area contributed by atoms with E-state index in [1.807, 2.05) is 0 Å². The highest BCUT2D eigenvalue weighted by Crippen LogP contribution is 2.25. The fourth-order valence-electron chi connectivity index (χ4n) is 4.05. The monoisotopic (exact) mass is 401 g/mol. The van der Waals surface area contributed by atoms with Crippen molar-refractivity contribution in [3.63, 3.8) is 0 Å². The summed E-state index contributed by atoms with van der Waals surface area (Å²) in [6.45, 7) is 8.22. The summed E-state index contributed by atoms with van der Waals surface area (Å²) in [5, 5.41) is 3.41. The molecule has 0 saturated carbocycles. The minimum atomic E-state index is 0. The number of benzene rings is 1. The molecule has 0 bridgehead atoms. The fourth-order valence-corrected chi connectivity index (χ4v) is 4.05. The van der Waals surface area contributed by atoms with Crippen LogP contribution in [0, 0.1) is 11.8 Å². The van der Waals surface area contributed by atoms with E-state index in [0.717, 1.165) is 52.1 Å². The Labute approximate surface area is 170 Å². The van der Waals surface area contributed by atoms with Gasteiger partial charge in [0.1, 0.15) is 0 Å². The summed E-state index contributed by atoms with van der Waals surface area (Å²) in [7, 11) is 0. The van der Waals surface area contributed by atoms with E-state index >= 15 is 0 Å². The molecular formula is C20H33Cl2N3O. The molecular weight excluding hydrogens is 369 g/mol. The minimum absolute atomic E-state index is 0. The van der Waals surface area contributed by atoms with E-state index in [2.05, 4.69) is 52.4 Å². The molecule has 2 heterocycles. The van der Waals surface area contributed by atoms with Gasteiger partial charge in [0, 0.05) is 38.3 Å². The van der Waals surface area contributed by atoms with E-state index in [1.165, 1.54) is 18.5 Å². The van der Waals surface area contributed by atoms with Crippen LogP contribution in [-0.2, 0) is 4.79 Å². The van der Waals surface area contributed by atoms with Crippen molar-refractivity contribution in [2.24, 2.45) is 11.8 Å². The number of carbonyl (C=O) groups is 1. The second kappa shape index (κ2) is 11.7. The van der Waals surface area contributed by atoms with Crippen LogP contribution in [0.1, 0.15) is 32.6 Å². The molecule has 0 aromatic heterocycles. The smallest absolute Gasteiger partial charge is 0.222 e. The summed E-state index contributed by atoms with van der Waals surface area (Å²) in [5.41, 5.74) is 1.27. The average Bonchev–Trinajstić information content (AvgIpc) is 2.89. The van der Waals surface area contributed by atoms with Crippen LogP contribution in [0.4, 0.5) is 5.69 Å². The Kier molecular flexibility index (Phi) is 10.4. The molecule has 2 aliphatic heterocycles. The molecule has 1 N–H and O–H groups in total. The highest BCUT2D eigenvalue weighted by Gasteiger charge is 2.25. The molecule has 0 aliphatic carbocycles. The SMILES string of the molecule is CC(CC(=O)N1CCCN(c2ccccc2)CC1)C1CCNCC1.Cl.Cl. The largest absolute Gasteiger partial charge is 0.370 e. The number of halogens is 2. The van der Waals surface area contributed by atoms with Gasteiger partial charge in [-0.05, 0) is 56.3 Å². The maximum Gasteiger partial charge on any atom is 0.222 e. The summed E-state index contributed by atoms with van der Waals surface area (Å²) in [4.78, 5) is 17.2.